The Morgan fingerprint density at radius 2 is 1.91 bits per heavy atom. The first-order chi connectivity index (χ1) is 11.1. The molecule has 1 aromatic heterocycles. The molecule has 0 aliphatic rings. The molecule has 4 nitrogen and oxygen atoms in total. The topological polar surface area (TPSA) is 46.9 Å². The summed E-state index contributed by atoms with van der Waals surface area (Å²) in [4.78, 5) is 12.0. The van der Waals surface area contributed by atoms with Crippen molar-refractivity contribution in [2.45, 2.75) is 6.54 Å². The van der Waals surface area contributed by atoms with Gasteiger partial charge in [0.15, 0.2) is 5.82 Å². The van der Waals surface area contributed by atoms with Gasteiger partial charge in [0, 0.05) is 12.3 Å². The molecule has 0 fully saturated rings. The first-order valence-corrected chi connectivity index (χ1v) is 6.95. The van der Waals surface area contributed by atoms with Gasteiger partial charge in [-0.15, -0.1) is 0 Å². The first-order valence-electron chi connectivity index (χ1n) is 6.95. The lowest BCUT2D eigenvalue weighted by Gasteiger charge is -2.04. The van der Waals surface area contributed by atoms with E-state index in [9.17, 15) is 13.6 Å². The number of anilines is 1. The maximum atomic E-state index is 13.6. The number of nitrogens with zero attached hydrogens (tertiary/aromatic N) is 2. The molecular weight excluding hydrogens is 300 g/mol. The van der Waals surface area contributed by atoms with Crippen molar-refractivity contribution in [2.75, 3.05) is 5.32 Å². The van der Waals surface area contributed by atoms with Gasteiger partial charge in [0.05, 0.1) is 12.1 Å². The fourth-order valence-corrected chi connectivity index (χ4v) is 2.17. The second kappa shape index (κ2) is 6.39. The van der Waals surface area contributed by atoms with Crippen molar-refractivity contribution in [3.63, 3.8) is 0 Å². The molecule has 0 aliphatic heterocycles. The van der Waals surface area contributed by atoms with Gasteiger partial charge >= 0.3 is 0 Å². The van der Waals surface area contributed by atoms with E-state index in [4.69, 9.17) is 0 Å². The standard InChI is InChI=1S/C17H13F2N3O/c18-13-5-3-4-12(10-13)11-22-9-8-16(21-22)20-17(23)14-6-1-2-7-15(14)19/h1-10H,11H2,(H,20,21,23). The van der Waals surface area contributed by atoms with Crippen molar-refractivity contribution in [1.82, 2.24) is 9.78 Å². The third-order valence-corrected chi connectivity index (χ3v) is 3.23. The number of benzene rings is 2. The monoisotopic (exact) mass is 313 g/mol. The lowest BCUT2D eigenvalue weighted by atomic mass is 10.2. The molecule has 1 N–H and O–H groups in total. The fourth-order valence-electron chi connectivity index (χ4n) is 2.17. The Balaban J connectivity index is 1.70. The number of hydrogen-bond acceptors (Lipinski definition) is 2. The van der Waals surface area contributed by atoms with Crippen LogP contribution in [0.25, 0.3) is 0 Å². The number of carbonyl (C=O) groups excluding carboxylic acids is 1. The molecule has 3 aromatic rings. The zero-order valence-corrected chi connectivity index (χ0v) is 12.0. The number of aromatic nitrogens is 2. The molecule has 0 aliphatic carbocycles. The molecule has 0 radical (unpaired) electrons. The van der Waals surface area contributed by atoms with Crippen LogP contribution in [0, 0.1) is 11.6 Å². The molecule has 0 saturated carbocycles. The molecule has 3 rings (SSSR count). The molecule has 0 spiro atoms. The van der Waals surface area contributed by atoms with Gasteiger partial charge in [-0.1, -0.05) is 24.3 Å². The number of nitrogens with one attached hydrogen (secondary N) is 1. The van der Waals surface area contributed by atoms with Crippen LogP contribution in [-0.2, 0) is 6.54 Å². The highest BCUT2D eigenvalue weighted by molar-refractivity contribution is 6.03. The summed E-state index contributed by atoms with van der Waals surface area (Å²) in [6.07, 6.45) is 1.65. The molecule has 116 valence electrons. The van der Waals surface area contributed by atoms with Crippen LogP contribution in [-0.4, -0.2) is 15.7 Å². The smallest absolute Gasteiger partial charge is 0.259 e. The molecule has 1 amide bonds. The number of rotatable bonds is 4. The molecule has 1 heterocycles. The average molecular weight is 313 g/mol. The Morgan fingerprint density at radius 1 is 1.09 bits per heavy atom. The lowest BCUT2D eigenvalue weighted by molar-refractivity contribution is 0.102. The highest BCUT2D eigenvalue weighted by atomic mass is 19.1. The number of carbonyl (C=O) groups is 1. The molecule has 0 bridgehead atoms. The highest BCUT2D eigenvalue weighted by Crippen LogP contribution is 2.11. The predicted molar refractivity (Wildman–Crippen MR) is 82.1 cm³/mol. The van der Waals surface area contributed by atoms with E-state index in [2.05, 4.69) is 10.4 Å². The summed E-state index contributed by atoms with van der Waals surface area (Å²) in [6.45, 7) is 0.368. The van der Waals surface area contributed by atoms with Crippen LogP contribution in [0.3, 0.4) is 0 Å². The van der Waals surface area contributed by atoms with Gasteiger partial charge in [0.25, 0.3) is 5.91 Å². The summed E-state index contributed by atoms with van der Waals surface area (Å²) >= 11 is 0. The third kappa shape index (κ3) is 3.60. The predicted octanol–water partition coefficient (Wildman–Crippen LogP) is 3.46. The van der Waals surface area contributed by atoms with Crippen LogP contribution >= 0.6 is 0 Å². The van der Waals surface area contributed by atoms with E-state index in [1.165, 1.54) is 30.3 Å². The van der Waals surface area contributed by atoms with E-state index in [0.717, 1.165) is 5.56 Å². The van der Waals surface area contributed by atoms with Crippen LogP contribution in [0.2, 0.25) is 0 Å². The summed E-state index contributed by atoms with van der Waals surface area (Å²) in [6, 6.07) is 13.5. The van der Waals surface area contributed by atoms with Crippen molar-refractivity contribution < 1.29 is 13.6 Å². The maximum absolute atomic E-state index is 13.6. The van der Waals surface area contributed by atoms with E-state index in [0.29, 0.717) is 12.4 Å². The minimum absolute atomic E-state index is 0.0489. The van der Waals surface area contributed by atoms with Gasteiger partial charge in [0.1, 0.15) is 11.6 Å². The quantitative estimate of drug-likeness (QED) is 0.802. The SMILES string of the molecule is O=C(Nc1ccn(Cc2cccc(F)c2)n1)c1ccccc1F. The maximum Gasteiger partial charge on any atom is 0.259 e. The van der Waals surface area contributed by atoms with E-state index >= 15 is 0 Å². The highest BCUT2D eigenvalue weighted by Gasteiger charge is 2.12. The lowest BCUT2D eigenvalue weighted by Crippen LogP contribution is -2.14. The number of halogens is 2. The molecule has 0 atom stereocenters. The Labute approximate surface area is 131 Å². The van der Waals surface area contributed by atoms with E-state index in [1.807, 2.05) is 0 Å². The summed E-state index contributed by atoms with van der Waals surface area (Å²) in [5, 5.41) is 6.70. The van der Waals surface area contributed by atoms with Gasteiger partial charge in [-0.25, -0.2) is 8.78 Å². The van der Waals surface area contributed by atoms with Crippen molar-refractivity contribution in [3.05, 3.63) is 83.6 Å². The van der Waals surface area contributed by atoms with Crippen molar-refractivity contribution in [2.24, 2.45) is 0 Å². The summed E-state index contributed by atoms with van der Waals surface area (Å²) in [5.74, 6) is -1.18. The zero-order valence-electron chi connectivity index (χ0n) is 12.0. The Hall–Kier alpha value is -3.02. The molecule has 2 aromatic carbocycles. The normalized spacial score (nSPS) is 10.5. The second-order valence-electron chi connectivity index (χ2n) is 4.96. The minimum atomic E-state index is -0.593. The second-order valence-corrected chi connectivity index (χ2v) is 4.96. The Bertz CT molecular complexity index is 845. The fraction of sp³-hybridized carbons (Fsp3) is 0.0588. The average Bonchev–Trinajstić information content (AvgIpc) is 2.94. The summed E-state index contributed by atoms with van der Waals surface area (Å²) in [7, 11) is 0. The number of hydrogen-bond donors (Lipinski definition) is 1. The Kier molecular flexibility index (Phi) is 4.14. The minimum Gasteiger partial charge on any atom is -0.305 e. The molecule has 0 unspecified atom stereocenters. The first kappa shape index (κ1) is 14.9. The zero-order chi connectivity index (χ0) is 16.2. The van der Waals surface area contributed by atoms with E-state index < -0.39 is 11.7 Å². The van der Waals surface area contributed by atoms with Crippen LogP contribution in [0.1, 0.15) is 15.9 Å². The Morgan fingerprint density at radius 3 is 2.70 bits per heavy atom. The molecule has 0 saturated heterocycles. The van der Waals surface area contributed by atoms with Crippen LogP contribution in [0.4, 0.5) is 14.6 Å². The van der Waals surface area contributed by atoms with E-state index in [1.54, 1.807) is 35.1 Å². The van der Waals surface area contributed by atoms with Crippen LogP contribution in [0.5, 0.6) is 0 Å². The summed E-state index contributed by atoms with van der Waals surface area (Å²) in [5.41, 5.74) is 0.701. The molecule has 23 heavy (non-hydrogen) atoms. The van der Waals surface area contributed by atoms with Crippen LogP contribution in [0.15, 0.2) is 60.8 Å². The van der Waals surface area contributed by atoms with Crippen LogP contribution < -0.4 is 5.32 Å². The largest absolute Gasteiger partial charge is 0.305 e. The molecule has 6 heteroatoms. The van der Waals surface area contributed by atoms with Crippen molar-refractivity contribution in [1.29, 1.82) is 0 Å². The summed E-state index contributed by atoms with van der Waals surface area (Å²) < 4.78 is 28.3. The van der Waals surface area contributed by atoms with Gasteiger partial charge < -0.3 is 5.32 Å². The third-order valence-electron chi connectivity index (χ3n) is 3.23. The van der Waals surface area contributed by atoms with Crippen molar-refractivity contribution in [3.8, 4) is 0 Å². The van der Waals surface area contributed by atoms with Gasteiger partial charge in [-0.2, -0.15) is 5.10 Å². The number of amides is 1. The van der Waals surface area contributed by atoms with Gasteiger partial charge in [-0.3, -0.25) is 9.48 Å². The van der Waals surface area contributed by atoms with Gasteiger partial charge in [0.2, 0.25) is 0 Å². The van der Waals surface area contributed by atoms with Gasteiger partial charge in [-0.05, 0) is 29.8 Å². The molecular formula is C17H13F2N3O. The van der Waals surface area contributed by atoms with Crippen molar-refractivity contribution >= 4 is 11.7 Å². The van der Waals surface area contributed by atoms with E-state index in [-0.39, 0.29) is 11.4 Å².